The van der Waals surface area contributed by atoms with E-state index in [9.17, 15) is 4.79 Å². The van der Waals surface area contributed by atoms with Gasteiger partial charge < -0.3 is 4.74 Å². The van der Waals surface area contributed by atoms with Crippen LogP contribution in [0.1, 0.15) is 13.3 Å². The molecule has 1 aliphatic rings. The molecule has 0 radical (unpaired) electrons. The standard InChI is InChI=1S/C10H10ClNO2S/c1-6-5-8(10(13)14-6)15-9-7(11)3-2-4-12-9/h2-4,6,8H,5H2,1H3/t6-,8+/m0/s1. The Kier molecular flexibility index (Phi) is 3.17. The van der Waals surface area contributed by atoms with Crippen LogP contribution in [0.25, 0.3) is 0 Å². The van der Waals surface area contributed by atoms with Crippen LogP contribution in [0.5, 0.6) is 0 Å². The maximum absolute atomic E-state index is 11.4. The smallest absolute Gasteiger partial charge is 0.319 e. The number of pyridine rings is 1. The summed E-state index contributed by atoms with van der Waals surface area (Å²) < 4.78 is 5.06. The summed E-state index contributed by atoms with van der Waals surface area (Å²) in [5, 5.41) is 1.09. The topological polar surface area (TPSA) is 39.2 Å². The van der Waals surface area contributed by atoms with Gasteiger partial charge in [-0.3, -0.25) is 4.79 Å². The Bertz CT molecular complexity index is 385. The highest BCUT2D eigenvalue weighted by atomic mass is 35.5. The molecule has 2 heterocycles. The Morgan fingerprint density at radius 2 is 2.47 bits per heavy atom. The number of hydrogen-bond acceptors (Lipinski definition) is 4. The molecule has 0 aliphatic carbocycles. The minimum atomic E-state index is -0.174. The van der Waals surface area contributed by atoms with Gasteiger partial charge in [-0.1, -0.05) is 23.4 Å². The van der Waals surface area contributed by atoms with Crippen molar-refractivity contribution in [2.45, 2.75) is 29.7 Å². The minimum absolute atomic E-state index is 0.00233. The Morgan fingerprint density at radius 3 is 3.07 bits per heavy atom. The predicted octanol–water partition coefficient (Wildman–Crippen LogP) is 2.53. The first kappa shape index (κ1) is 10.8. The average molecular weight is 244 g/mol. The lowest BCUT2D eigenvalue weighted by Gasteiger charge is -2.05. The zero-order valence-electron chi connectivity index (χ0n) is 8.14. The van der Waals surface area contributed by atoms with Crippen LogP contribution in [0.2, 0.25) is 5.02 Å². The summed E-state index contributed by atoms with van der Waals surface area (Å²) in [7, 11) is 0. The summed E-state index contributed by atoms with van der Waals surface area (Å²) in [5.74, 6) is -0.172. The highest BCUT2D eigenvalue weighted by Crippen LogP contribution is 2.34. The number of carbonyl (C=O) groups is 1. The number of carbonyl (C=O) groups excluding carboxylic acids is 1. The summed E-state index contributed by atoms with van der Waals surface area (Å²) in [5.41, 5.74) is 0. The van der Waals surface area contributed by atoms with Crippen LogP contribution in [0.3, 0.4) is 0 Å². The van der Waals surface area contributed by atoms with E-state index < -0.39 is 0 Å². The second-order valence-electron chi connectivity index (χ2n) is 3.38. The minimum Gasteiger partial charge on any atom is -0.462 e. The average Bonchev–Trinajstić information content (AvgIpc) is 2.49. The summed E-state index contributed by atoms with van der Waals surface area (Å²) in [6.07, 6.45) is 2.38. The van der Waals surface area contributed by atoms with Crippen molar-refractivity contribution in [2.24, 2.45) is 0 Å². The highest BCUT2D eigenvalue weighted by Gasteiger charge is 2.33. The van der Waals surface area contributed by atoms with Crippen LogP contribution in [0, 0.1) is 0 Å². The number of nitrogens with zero attached hydrogens (tertiary/aromatic N) is 1. The first-order valence-electron chi connectivity index (χ1n) is 4.64. The van der Waals surface area contributed by atoms with Gasteiger partial charge in [0.1, 0.15) is 16.4 Å². The van der Waals surface area contributed by atoms with Crippen LogP contribution < -0.4 is 0 Å². The monoisotopic (exact) mass is 243 g/mol. The lowest BCUT2D eigenvalue weighted by Crippen LogP contribution is -2.09. The van der Waals surface area contributed by atoms with Crippen molar-refractivity contribution in [3.8, 4) is 0 Å². The highest BCUT2D eigenvalue weighted by molar-refractivity contribution is 8.00. The molecule has 1 aromatic rings. The number of ether oxygens (including phenoxy) is 1. The first-order chi connectivity index (χ1) is 7.16. The van der Waals surface area contributed by atoms with E-state index in [1.54, 1.807) is 18.3 Å². The van der Waals surface area contributed by atoms with Crippen molar-refractivity contribution >= 4 is 29.3 Å². The molecule has 80 valence electrons. The molecule has 2 atom stereocenters. The molecule has 0 saturated carbocycles. The zero-order chi connectivity index (χ0) is 10.8. The molecule has 0 aromatic carbocycles. The summed E-state index contributed by atoms with van der Waals surface area (Å²) >= 11 is 7.32. The Morgan fingerprint density at radius 1 is 1.67 bits per heavy atom. The maximum Gasteiger partial charge on any atom is 0.319 e. The summed E-state index contributed by atoms with van der Waals surface area (Å²) in [4.78, 5) is 15.5. The summed E-state index contributed by atoms with van der Waals surface area (Å²) in [6.45, 7) is 1.89. The molecule has 1 fully saturated rings. The van der Waals surface area contributed by atoms with Gasteiger partial charge in [0.25, 0.3) is 0 Å². The SMILES string of the molecule is C[C@H]1C[C@@H](Sc2ncccc2Cl)C(=O)O1. The van der Waals surface area contributed by atoms with Crippen molar-refractivity contribution in [2.75, 3.05) is 0 Å². The molecule has 1 aliphatic heterocycles. The van der Waals surface area contributed by atoms with Crippen LogP contribution in [-0.4, -0.2) is 22.3 Å². The summed E-state index contributed by atoms with van der Waals surface area (Å²) in [6, 6.07) is 3.53. The zero-order valence-corrected chi connectivity index (χ0v) is 9.72. The third kappa shape index (κ3) is 2.44. The van der Waals surface area contributed by atoms with Crippen molar-refractivity contribution in [3.63, 3.8) is 0 Å². The van der Waals surface area contributed by atoms with Crippen molar-refractivity contribution < 1.29 is 9.53 Å². The van der Waals surface area contributed by atoms with Gasteiger partial charge in [0.05, 0.1) is 5.02 Å². The molecule has 15 heavy (non-hydrogen) atoms. The molecule has 3 nitrogen and oxygen atoms in total. The largest absolute Gasteiger partial charge is 0.462 e. The number of esters is 1. The van der Waals surface area contributed by atoms with Gasteiger partial charge >= 0.3 is 5.97 Å². The molecular formula is C10H10ClNO2S. The maximum atomic E-state index is 11.4. The Labute approximate surface area is 97.2 Å². The second kappa shape index (κ2) is 4.41. The van der Waals surface area contributed by atoms with E-state index in [4.69, 9.17) is 16.3 Å². The van der Waals surface area contributed by atoms with Gasteiger partial charge in [-0.2, -0.15) is 0 Å². The van der Waals surface area contributed by atoms with E-state index in [1.807, 2.05) is 6.92 Å². The lowest BCUT2D eigenvalue weighted by atomic mass is 10.3. The molecular weight excluding hydrogens is 234 g/mol. The number of rotatable bonds is 2. The normalized spacial score (nSPS) is 25.3. The van der Waals surface area contributed by atoms with E-state index in [0.717, 1.165) is 6.42 Å². The molecule has 0 N–H and O–H groups in total. The van der Waals surface area contributed by atoms with Crippen molar-refractivity contribution in [1.29, 1.82) is 0 Å². The fourth-order valence-corrected chi connectivity index (χ4v) is 2.75. The van der Waals surface area contributed by atoms with Crippen molar-refractivity contribution in [3.05, 3.63) is 23.4 Å². The fourth-order valence-electron chi connectivity index (χ4n) is 1.41. The lowest BCUT2D eigenvalue weighted by molar-refractivity contribution is -0.140. The first-order valence-corrected chi connectivity index (χ1v) is 5.90. The predicted molar refractivity (Wildman–Crippen MR) is 59.1 cm³/mol. The second-order valence-corrected chi connectivity index (χ2v) is 4.98. The molecule has 0 amide bonds. The van der Waals surface area contributed by atoms with Gasteiger partial charge in [0.2, 0.25) is 0 Å². The molecule has 5 heteroatoms. The van der Waals surface area contributed by atoms with E-state index in [2.05, 4.69) is 4.98 Å². The van der Waals surface area contributed by atoms with E-state index in [-0.39, 0.29) is 17.3 Å². The molecule has 1 saturated heterocycles. The van der Waals surface area contributed by atoms with E-state index in [1.165, 1.54) is 11.8 Å². The van der Waals surface area contributed by atoms with Crippen LogP contribution >= 0.6 is 23.4 Å². The van der Waals surface area contributed by atoms with Gasteiger partial charge in [0.15, 0.2) is 0 Å². The number of aromatic nitrogens is 1. The number of cyclic esters (lactones) is 1. The molecule has 2 rings (SSSR count). The fraction of sp³-hybridized carbons (Fsp3) is 0.400. The van der Waals surface area contributed by atoms with Crippen LogP contribution in [0.15, 0.2) is 23.4 Å². The number of halogens is 1. The molecule has 1 aromatic heterocycles. The van der Waals surface area contributed by atoms with Gasteiger partial charge in [-0.15, -0.1) is 0 Å². The third-order valence-corrected chi connectivity index (χ3v) is 3.74. The third-order valence-electron chi connectivity index (χ3n) is 2.10. The molecule has 0 unspecified atom stereocenters. The Hall–Kier alpha value is -0.740. The Balaban J connectivity index is 2.09. The van der Waals surface area contributed by atoms with Crippen LogP contribution in [-0.2, 0) is 9.53 Å². The molecule has 0 spiro atoms. The van der Waals surface area contributed by atoms with Gasteiger partial charge in [0, 0.05) is 12.6 Å². The van der Waals surface area contributed by atoms with Gasteiger partial charge in [-0.05, 0) is 19.1 Å². The quantitative estimate of drug-likeness (QED) is 0.749. The number of hydrogen-bond donors (Lipinski definition) is 0. The van der Waals surface area contributed by atoms with Crippen LogP contribution in [0.4, 0.5) is 0 Å². The van der Waals surface area contributed by atoms with Crippen molar-refractivity contribution in [1.82, 2.24) is 4.98 Å². The van der Waals surface area contributed by atoms with Gasteiger partial charge in [-0.25, -0.2) is 4.98 Å². The molecule has 0 bridgehead atoms. The van der Waals surface area contributed by atoms with E-state index in [0.29, 0.717) is 10.0 Å². The number of thioether (sulfide) groups is 1. The van der Waals surface area contributed by atoms with E-state index >= 15 is 0 Å².